The Balaban J connectivity index is 2.65. The van der Waals surface area contributed by atoms with E-state index < -0.39 is 31.6 Å². The van der Waals surface area contributed by atoms with E-state index in [9.17, 15) is 24.4 Å². The van der Waals surface area contributed by atoms with E-state index in [1.54, 1.807) is 0 Å². The maximum absolute atomic E-state index is 11.4. The highest BCUT2D eigenvalue weighted by atomic mass is 31.1. The molecule has 6 nitrogen and oxygen atoms in total. The maximum Gasteiger partial charge on any atom is 0.310 e. The van der Waals surface area contributed by atoms with Crippen LogP contribution in [0.4, 0.5) is 0 Å². The standard InChI is InChI=1S/C14H24NO5P/c15-12(16)7-6-11(13(17)18)14(19,21-20)9-8-10-4-2-1-3-5-10/h10-11,19H,1-9H2,(H2,15,16)(H,17,18). The molecule has 2 atom stereocenters. The Bertz CT molecular complexity index is 384. The van der Waals surface area contributed by atoms with Crippen molar-refractivity contribution in [2.75, 3.05) is 0 Å². The monoisotopic (exact) mass is 317 g/mol. The number of amides is 1. The average molecular weight is 317 g/mol. The zero-order valence-electron chi connectivity index (χ0n) is 12.2. The van der Waals surface area contributed by atoms with E-state index in [-0.39, 0.29) is 19.3 Å². The highest BCUT2D eigenvalue weighted by molar-refractivity contribution is 7.25. The van der Waals surface area contributed by atoms with Gasteiger partial charge in [0.25, 0.3) is 0 Å². The van der Waals surface area contributed by atoms with Crippen LogP contribution in [0.25, 0.3) is 0 Å². The number of carboxylic acid groups (broad SMARTS) is 1. The highest BCUT2D eigenvalue weighted by Crippen LogP contribution is 2.39. The third kappa shape index (κ3) is 5.71. The molecule has 1 aliphatic carbocycles. The van der Waals surface area contributed by atoms with Gasteiger partial charge in [0.1, 0.15) is 0 Å². The van der Waals surface area contributed by atoms with Gasteiger partial charge in [-0.3, -0.25) is 14.2 Å². The number of nitrogens with two attached hydrogens (primary N) is 1. The van der Waals surface area contributed by atoms with Crippen molar-refractivity contribution in [3.63, 3.8) is 0 Å². The average Bonchev–Trinajstić information content (AvgIpc) is 2.45. The normalized spacial score (nSPS) is 20.8. The predicted octanol–water partition coefficient (Wildman–Crippen LogP) is 2.29. The number of primary amides is 1. The van der Waals surface area contributed by atoms with Crippen molar-refractivity contribution < 1.29 is 24.4 Å². The molecular formula is C14H24NO5P. The SMILES string of the molecule is NC(=O)CCC(C(=O)O)C(O)(CCC1CCCCC1)P=O. The number of hydrogen-bond acceptors (Lipinski definition) is 4. The van der Waals surface area contributed by atoms with Gasteiger partial charge in [-0.15, -0.1) is 0 Å². The molecule has 0 aromatic carbocycles. The van der Waals surface area contributed by atoms with E-state index in [0.717, 1.165) is 25.7 Å². The molecular weight excluding hydrogens is 293 g/mol. The summed E-state index contributed by atoms with van der Waals surface area (Å²) >= 11 is 0. The summed E-state index contributed by atoms with van der Waals surface area (Å²) < 4.78 is 11.4. The number of carbonyl (C=O) groups excluding carboxylic acids is 1. The molecule has 0 radical (unpaired) electrons. The summed E-state index contributed by atoms with van der Waals surface area (Å²) in [6.45, 7) is 0. The van der Waals surface area contributed by atoms with Gasteiger partial charge >= 0.3 is 5.97 Å². The minimum atomic E-state index is -1.82. The second-order valence-corrected chi connectivity index (χ2v) is 6.87. The van der Waals surface area contributed by atoms with Crippen LogP contribution in [0.1, 0.15) is 57.8 Å². The summed E-state index contributed by atoms with van der Waals surface area (Å²) in [5.74, 6) is -2.66. The second-order valence-electron chi connectivity index (χ2n) is 5.91. The van der Waals surface area contributed by atoms with Crippen molar-refractivity contribution in [2.45, 2.75) is 63.1 Å². The summed E-state index contributed by atoms with van der Waals surface area (Å²) in [6.07, 6.45) is 6.26. The lowest BCUT2D eigenvalue weighted by Gasteiger charge is -2.30. The van der Waals surface area contributed by atoms with Crippen LogP contribution in [-0.4, -0.2) is 27.4 Å². The first-order chi connectivity index (χ1) is 9.89. The van der Waals surface area contributed by atoms with Gasteiger partial charge in [-0.05, 0) is 25.2 Å². The molecule has 1 rings (SSSR count). The molecule has 0 aromatic heterocycles. The summed E-state index contributed by atoms with van der Waals surface area (Å²) in [5, 5.41) is 17.8. The second kappa shape index (κ2) is 8.44. The van der Waals surface area contributed by atoms with E-state index in [0.29, 0.717) is 12.3 Å². The molecule has 0 aliphatic heterocycles. The van der Waals surface area contributed by atoms with Crippen LogP contribution in [0.5, 0.6) is 0 Å². The molecule has 1 fully saturated rings. The van der Waals surface area contributed by atoms with E-state index >= 15 is 0 Å². The molecule has 0 spiro atoms. The Hall–Kier alpha value is -1.00. The predicted molar refractivity (Wildman–Crippen MR) is 77.9 cm³/mol. The van der Waals surface area contributed by atoms with Crippen LogP contribution in [0, 0.1) is 11.8 Å². The summed E-state index contributed by atoms with van der Waals surface area (Å²) in [4.78, 5) is 22.1. The van der Waals surface area contributed by atoms with Crippen LogP contribution in [-0.2, 0) is 14.2 Å². The first kappa shape index (κ1) is 18.1. The number of rotatable bonds is 9. The zero-order valence-corrected chi connectivity index (χ0v) is 13.1. The fraction of sp³-hybridized carbons (Fsp3) is 0.857. The van der Waals surface area contributed by atoms with Gasteiger partial charge in [0.15, 0.2) is 13.8 Å². The molecule has 2 unspecified atom stereocenters. The Morgan fingerprint density at radius 1 is 1.29 bits per heavy atom. The van der Waals surface area contributed by atoms with Gasteiger partial charge in [0.2, 0.25) is 5.91 Å². The van der Waals surface area contributed by atoms with Crippen LogP contribution in [0.15, 0.2) is 0 Å². The molecule has 0 aromatic rings. The Kier molecular flexibility index (Phi) is 7.26. The molecule has 1 aliphatic rings. The minimum absolute atomic E-state index is 0.0962. The fourth-order valence-corrected chi connectivity index (χ4v) is 3.60. The van der Waals surface area contributed by atoms with Crippen LogP contribution >= 0.6 is 8.46 Å². The molecule has 21 heavy (non-hydrogen) atoms. The third-order valence-electron chi connectivity index (χ3n) is 4.34. The van der Waals surface area contributed by atoms with Crippen molar-refractivity contribution in [3.8, 4) is 0 Å². The third-order valence-corrected chi connectivity index (χ3v) is 5.19. The number of carbonyl (C=O) groups is 2. The molecule has 120 valence electrons. The molecule has 1 amide bonds. The minimum Gasteiger partial charge on any atom is -0.481 e. The van der Waals surface area contributed by atoms with Gasteiger partial charge in [0, 0.05) is 6.42 Å². The van der Waals surface area contributed by atoms with Gasteiger partial charge in [0.05, 0.1) is 5.92 Å². The fourth-order valence-electron chi connectivity index (χ4n) is 3.01. The number of hydrogen-bond donors (Lipinski definition) is 3. The highest BCUT2D eigenvalue weighted by Gasteiger charge is 2.42. The molecule has 0 saturated heterocycles. The zero-order chi connectivity index (χ0) is 15.9. The Labute approximate surface area is 126 Å². The van der Waals surface area contributed by atoms with Gasteiger partial charge in [-0.2, -0.15) is 0 Å². The van der Waals surface area contributed by atoms with Crippen molar-refractivity contribution in [3.05, 3.63) is 0 Å². The number of carboxylic acids is 1. The largest absolute Gasteiger partial charge is 0.481 e. The van der Waals surface area contributed by atoms with E-state index in [1.165, 1.54) is 6.42 Å². The Morgan fingerprint density at radius 3 is 2.38 bits per heavy atom. The molecule has 1 saturated carbocycles. The van der Waals surface area contributed by atoms with Gasteiger partial charge < -0.3 is 15.9 Å². The first-order valence-corrected chi connectivity index (χ1v) is 8.28. The van der Waals surface area contributed by atoms with E-state index in [1.807, 2.05) is 0 Å². The van der Waals surface area contributed by atoms with Crippen LogP contribution in [0.2, 0.25) is 0 Å². The lowest BCUT2D eigenvalue weighted by Crippen LogP contribution is -2.38. The topological polar surface area (TPSA) is 118 Å². The smallest absolute Gasteiger partial charge is 0.310 e. The number of aliphatic carboxylic acids is 1. The lowest BCUT2D eigenvalue weighted by atomic mass is 9.83. The molecule has 0 bridgehead atoms. The molecule has 7 heteroatoms. The first-order valence-electron chi connectivity index (χ1n) is 7.47. The summed E-state index contributed by atoms with van der Waals surface area (Å²) in [7, 11) is -0.603. The van der Waals surface area contributed by atoms with Crippen molar-refractivity contribution in [1.29, 1.82) is 0 Å². The molecule has 0 heterocycles. The van der Waals surface area contributed by atoms with Gasteiger partial charge in [-0.1, -0.05) is 32.1 Å². The lowest BCUT2D eigenvalue weighted by molar-refractivity contribution is -0.148. The van der Waals surface area contributed by atoms with Crippen LogP contribution in [0.3, 0.4) is 0 Å². The van der Waals surface area contributed by atoms with Crippen LogP contribution < -0.4 is 5.73 Å². The number of aliphatic hydroxyl groups is 1. The van der Waals surface area contributed by atoms with Crippen molar-refractivity contribution in [1.82, 2.24) is 0 Å². The van der Waals surface area contributed by atoms with Gasteiger partial charge in [-0.25, -0.2) is 0 Å². The van der Waals surface area contributed by atoms with Crippen molar-refractivity contribution >= 4 is 20.3 Å². The summed E-state index contributed by atoms with van der Waals surface area (Å²) in [6, 6.07) is 0. The summed E-state index contributed by atoms with van der Waals surface area (Å²) in [5.41, 5.74) is 5.02. The Morgan fingerprint density at radius 2 is 1.90 bits per heavy atom. The van der Waals surface area contributed by atoms with E-state index in [4.69, 9.17) is 5.73 Å². The quantitative estimate of drug-likeness (QED) is 0.564. The van der Waals surface area contributed by atoms with Crippen molar-refractivity contribution in [2.24, 2.45) is 17.6 Å². The molecule has 4 N–H and O–H groups in total. The maximum atomic E-state index is 11.4. The van der Waals surface area contributed by atoms with E-state index in [2.05, 4.69) is 0 Å².